The number of rotatable bonds is 9. The van der Waals surface area contributed by atoms with Crippen LogP contribution < -0.4 is 5.32 Å². The predicted molar refractivity (Wildman–Crippen MR) is 88.1 cm³/mol. The molecule has 0 aromatic heterocycles. The van der Waals surface area contributed by atoms with Crippen LogP contribution in [0.4, 0.5) is 0 Å². The molecule has 1 aliphatic carbocycles. The Balaban J connectivity index is 2.80. The molecule has 0 spiro atoms. The van der Waals surface area contributed by atoms with Crippen molar-refractivity contribution in [3.05, 3.63) is 12.2 Å². The normalized spacial score (nSPS) is 28.3. The highest BCUT2D eigenvalue weighted by Gasteiger charge is 2.42. The van der Waals surface area contributed by atoms with Gasteiger partial charge in [-0.3, -0.25) is 0 Å². The van der Waals surface area contributed by atoms with E-state index in [9.17, 15) is 0 Å². The van der Waals surface area contributed by atoms with Gasteiger partial charge in [-0.1, -0.05) is 32.3 Å². The maximum Gasteiger partial charge on any atom is 0.0837 e. The fourth-order valence-electron chi connectivity index (χ4n) is 3.64. The van der Waals surface area contributed by atoms with Crippen LogP contribution in [0.3, 0.4) is 0 Å². The highest BCUT2D eigenvalue weighted by atomic mass is 16.5. The van der Waals surface area contributed by atoms with E-state index in [1.807, 2.05) is 0 Å². The van der Waals surface area contributed by atoms with E-state index in [-0.39, 0.29) is 5.60 Å². The van der Waals surface area contributed by atoms with Gasteiger partial charge in [-0.25, -0.2) is 0 Å². The van der Waals surface area contributed by atoms with Crippen LogP contribution >= 0.6 is 0 Å². The summed E-state index contributed by atoms with van der Waals surface area (Å²) in [6.07, 6.45) is 8.52. The maximum atomic E-state index is 6.34. The molecule has 1 aliphatic rings. The minimum atomic E-state index is 0.0526. The van der Waals surface area contributed by atoms with Crippen LogP contribution in [0.5, 0.6) is 0 Å². The lowest BCUT2D eigenvalue weighted by atomic mass is 9.73. The molecule has 3 unspecified atom stereocenters. The molecule has 1 saturated carbocycles. The van der Waals surface area contributed by atoms with Crippen molar-refractivity contribution in [1.82, 2.24) is 5.32 Å². The van der Waals surface area contributed by atoms with Crippen molar-refractivity contribution in [3.63, 3.8) is 0 Å². The van der Waals surface area contributed by atoms with Crippen LogP contribution in [-0.2, 0) is 4.74 Å². The molecular weight excluding hydrogens is 246 g/mol. The zero-order chi connectivity index (χ0) is 15.0. The zero-order valence-electron chi connectivity index (χ0n) is 14.1. The number of hydrogen-bond acceptors (Lipinski definition) is 2. The Morgan fingerprint density at radius 2 is 2.20 bits per heavy atom. The van der Waals surface area contributed by atoms with Gasteiger partial charge in [-0.15, -0.1) is 6.58 Å². The van der Waals surface area contributed by atoms with Gasteiger partial charge in [-0.2, -0.15) is 0 Å². The first-order chi connectivity index (χ1) is 9.54. The van der Waals surface area contributed by atoms with Crippen LogP contribution in [0.25, 0.3) is 0 Å². The molecule has 0 amide bonds. The third-order valence-corrected chi connectivity index (χ3v) is 4.56. The lowest BCUT2D eigenvalue weighted by molar-refractivity contribution is -0.102. The number of hydrogen-bond donors (Lipinski definition) is 1. The highest BCUT2D eigenvalue weighted by molar-refractivity contribution is 5.00. The van der Waals surface area contributed by atoms with E-state index in [1.54, 1.807) is 0 Å². The predicted octanol–water partition coefficient (Wildman–Crippen LogP) is 4.70. The molecule has 0 bridgehead atoms. The SMILES string of the molecule is C=C(C)CCC(NCCC)C1(OCC)CCCC(C)C1. The van der Waals surface area contributed by atoms with Gasteiger partial charge in [0.25, 0.3) is 0 Å². The maximum absolute atomic E-state index is 6.34. The van der Waals surface area contributed by atoms with E-state index in [1.165, 1.54) is 37.7 Å². The Kier molecular flexibility index (Phi) is 7.83. The molecule has 1 fully saturated rings. The van der Waals surface area contributed by atoms with Gasteiger partial charge in [0.1, 0.15) is 0 Å². The Morgan fingerprint density at radius 3 is 2.75 bits per heavy atom. The third-order valence-electron chi connectivity index (χ3n) is 4.56. The summed E-state index contributed by atoms with van der Waals surface area (Å²) in [7, 11) is 0. The van der Waals surface area contributed by atoms with E-state index >= 15 is 0 Å². The van der Waals surface area contributed by atoms with Gasteiger partial charge in [0.15, 0.2) is 0 Å². The first kappa shape index (κ1) is 17.7. The highest BCUT2D eigenvalue weighted by Crippen LogP contribution is 2.39. The lowest BCUT2D eigenvalue weighted by Crippen LogP contribution is -2.55. The van der Waals surface area contributed by atoms with Gasteiger partial charge >= 0.3 is 0 Å². The fraction of sp³-hybridized carbons (Fsp3) is 0.889. The second-order valence-electron chi connectivity index (χ2n) is 6.70. The first-order valence-corrected chi connectivity index (χ1v) is 8.55. The molecule has 0 saturated heterocycles. The van der Waals surface area contributed by atoms with Crippen LogP contribution in [0.15, 0.2) is 12.2 Å². The van der Waals surface area contributed by atoms with Crippen LogP contribution in [-0.4, -0.2) is 24.8 Å². The number of allylic oxidation sites excluding steroid dienone is 1. The third kappa shape index (κ3) is 5.21. The van der Waals surface area contributed by atoms with Gasteiger partial charge in [0, 0.05) is 12.6 Å². The van der Waals surface area contributed by atoms with E-state index in [2.05, 4.69) is 39.6 Å². The zero-order valence-corrected chi connectivity index (χ0v) is 14.1. The molecule has 0 aromatic rings. The van der Waals surface area contributed by atoms with Crippen molar-refractivity contribution in [3.8, 4) is 0 Å². The number of ether oxygens (including phenoxy) is 1. The summed E-state index contributed by atoms with van der Waals surface area (Å²) in [5.74, 6) is 0.783. The van der Waals surface area contributed by atoms with Gasteiger partial charge in [-0.05, 0) is 58.4 Å². The lowest BCUT2D eigenvalue weighted by Gasteiger charge is -2.46. The van der Waals surface area contributed by atoms with Gasteiger partial charge in [0.05, 0.1) is 5.60 Å². The fourth-order valence-corrected chi connectivity index (χ4v) is 3.64. The van der Waals surface area contributed by atoms with Crippen molar-refractivity contribution >= 4 is 0 Å². The molecule has 0 heterocycles. The van der Waals surface area contributed by atoms with Crippen molar-refractivity contribution in [1.29, 1.82) is 0 Å². The summed E-state index contributed by atoms with van der Waals surface area (Å²) in [6.45, 7) is 14.9. The van der Waals surface area contributed by atoms with Crippen molar-refractivity contribution in [2.24, 2.45) is 5.92 Å². The van der Waals surface area contributed by atoms with E-state index in [4.69, 9.17) is 4.74 Å². The molecule has 20 heavy (non-hydrogen) atoms. The molecule has 0 radical (unpaired) electrons. The van der Waals surface area contributed by atoms with E-state index in [0.717, 1.165) is 31.9 Å². The van der Waals surface area contributed by atoms with Crippen molar-refractivity contribution in [2.45, 2.75) is 84.3 Å². The Morgan fingerprint density at radius 1 is 1.45 bits per heavy atom. The first-order valence-electron chi connectivity index (χ1n) is 8.55. The Labute approximate surface area is 126 Å². The largest absolute Gasteiger partial charge is 0.374 e. The number of nitrogens with one attached hydrogen (secondary N) is 1. The average Bonchev–Trinajstić information content (AvgIpc) is 2.38. The van der Waals surface area contributed by atoms with Crippen LogP contribution in [0.1, 0.15) is 72.6 Å². The molecule has 1 N–H and O–H groups in total. The minimum Gasteiger partial charge on any atom is -0.374 e. The molecule has 0 aromatic carbocycles. The van der Waals surface area contributed by atoms with Crippen LogP contribution in [0.2, 0.25) is 0 Å². The Bertz CT molecular complexity index is 285. The quantitative estimate of drug-likeness (QED) is 0.619. The summed E-state index contributed by atoms with van der Waals surface area (Å²) in [4.78, 5) is 0. The topological polar surface area (TPSA) is 21.3 Å². The minimum absolute atomic E-state index is 0.0526. The molecular formula is C18H35NO. The second-order valence-corrected chi connectivity index (χ2v) is 6.70. The molecule has 0 aliphatic heterocycles. The second kappa shape index (κ2) is 8.84. The Hall–Kier alpha value is -0.340. The van der Waals surface area contributed by atoms with Gasteiger partial charge < -0.3 is 10.1 Å². The summed E-state index contributed by atoms with van der Waals surface area (Å²) in [5.41, 5.74) is 1.33. The molecule has 118 valence electrons. The van der Waals surface area contributed by atoms with Crippen molar-refractivity contribution in [2.75, 3.05) is 13.2 Å². The smallest absolute Gasteiger partial charge is 0.0837 e. The van der Waals surface area contributed by atoms with E-state index in [0.29, 0.717) is 6.04 Å². The molecule has 2 nitrogen and oxygen atoms in total. The monoisotopic (exact) mass is 281 g/mol. The summed E-state index contributed by atoms with van der Waals surface area (Å²) >= 11 is 0. The molecule has 1 rings (SSSR count). The van der Waals surface area contributed by atoms with E-state index < -0.39 is 0 Å². The summed E-state index contributed by atoms with van der Waals surface area (Å²) in [6, 6.07) is 0.474. The molecule has 2 heteroatoms. The van der Waals surface area contributed by atoms with Crippen molar-refractivity contribution < 1.29 is 4.74 Å². The molecule has 3 atom stereocenters. The average molecular weight is 281 g/mol. The standard InChI is InChI=1S/C18H35NO/c1-6-13-19-17(11-10-15(3)4)18(20-7-2)12-8-9-16(5)14-18/h16-17,19H,3,6-14H2,1-2,4-5H3. The summed E-state index contributed by atoms with van der Waals surface area (Å²) in [5, 5.41) is 3.77. The van der Waals surface area contributed by atoms with Gasteiger partial charge in [0.2, 0.25) is 0 Å². The van der Waals surface area contributed by atoms with Crippen LogP contribution in [0, 0.1) is 5.92 Å². The summed E-state index contributed by atoms with van der Waals surface area (Å²) < 4.78 is 6.34.